The Balaban J connectivity index is 1.89. The van der Waals surface area contributed by atoms with Crippen molar-refractivity contribution in [2.75, 3.05) is 6.61 Å². The van der Waals surface area contributed by atoms with Crippen LogP contribution in [0.3, 0.4) is 0 Å². The second kappa shape index (κ2) is 5.72. The average Bonchev–Trinajstić information content (AvgIpc) is 3.15. The molecule has 0 aromatic heterocycles. The number of Topliss-reactive ketones (excluding diaryl/α,β-unsaturated/α-hetero) is 1. The normalized spacial score (nSPS) is 27.8. The number of nitrogens with zero attached hydrogens (tertiary/aromatic N) is 1. The van der Waals surface area contributed by atoms with Crippen molar-refractivity contribution >= 4 is 23.6 Å². The second-order valence-electron chi connectivity index (χ2n) is 5.37. The number of ether oxygens (including phenoxy) is 1. The van der Waals surface area contributed by atoms with Gasteiger partial charge in [-0.1, -0.05) is 36.4 Å². The summed E-state index contributed by atoms with van der Waals surface area (Å²) in [4.78, 5) is 26.7. The average molecular weight is 305 g/mol. The van der Waals surface area contributed by atoms with E-state index < -0.39 is 4.87 Å². The van der Waals surface area contributed by atoms with Crippen molar-refractivity contribution in [2.24, 2.45) is 0 Å². The lowest BCUT2D eigenvalue weighted by Gasteiger charge is -2.15. The third kappa shape index (κ3) is 2.44. The van der Waals surface area contributed by atoms with Crippen LogP contribution >= 0.6 is 11.8 Å². The van der Waals surface area contributed by atoms with Gasteiger partial charge < -0.3 is 4.74 Å². The van der Waals surface area contributed by atoms with Gasteiger partial charge in [0.05, 0.1) is 12.6 Å². The molecule has 1 saturated heterocycles. The van der Waals surface area contributed by atoms with E-state index in [4.69, 9.17) is 4.74 Å². The van der Waals surface area contributed by atoms with Crippen LogP contribution in [0.4, 0.5) is 4.79 Å². The summed E-state index contributed by atoms with van der Waals surface area (Å²) in [5.74, 6) is 0.159. The van der Waals surface area contributed by atoms with E-state index in [1.165, 1.54) is 11.8 Å². The molecule has 2 aliphatic rings. The number of likely N-dealkylation sites (tertiary alicyclic amines) is 1. The van der Waals surface area contributed by atoms with Crippen LogP contribution in [0.1, 0.15) is 32.6 Å². The molecule has 1 aliphatic heterocycles. The molecule has 1 heterocycles. The fourth-order valence-electron chi connectivity index (χ4n) is 3.07. The van der Waals surface area contributed by atoms with Crippen LogP contribution in [0.2, 0.25) is 0 Å². The lowest BCUT2D eigenvalue weighted by molar-refractivity contribution is -0.120. The van der Waals surface area contributed by atoms with Crippen LogP contribution in [-0.4, -0.2) is 34.3 Å². The fraction of sp³-hybridized carbons (Fsp3) is 0.500. The molecule has 1 aromatic rings. The summed E-state index contributed by atoms with van der Waals surface area (Å²) in [6.07, 6.45) is 2.98. The Labute approximate surface area is 128 Å². The fourth-order valence-corrected chi connectivity index (χ4v) is 4.55. The van der Waals surface area contributed by atoms with Crippen LogP contribution < -0.4 is 0 Å². The number of hydrogen-bond donors (Lipinski definition) is 0. The lowest BCUT2D eigenvalue weighted by Crippen LogP contribution is -2.29. The van der Waals surface area contributed by atoms with Crippen molar-refractivity contribution in [3.8, 4) is 0 Å². The number of amides is 1. The van der Waals surface area contributed by atoms with Crippen molar-refractivity contribution in [3.63, 3.8) is 0 Å². The molecule has 2 unspecified atom stereocenters. The summed E-state index contributed by atoms with van der Waals surface area (Å²) >= 11 is 1.50. The zero-order chi connectivity index (χ0) is 14.9. The summed E-state index contributed by atoms with van der Waals surface area (Å²) in [5, 5.41) is 0. The van der Waals surface area contributed by atoms with E-state index >= 15 is 0 Å². The van der Waals surface area contributed by atoms with Gasteiger partial charge in [-0.25, -0.2) is 4.79 Å². The first-order chi connectivity index (χ1) is 10.2. The largest absolute Gasteiger partial charge is 0.450 e. The standard InChI is InChI=1S/C16H19NO3S/c1-2-20-15(19)17-13-10-6-7-11-14(18)16(13,17)21-12-8-4-3-5-9-12/h3-5,8-9,13H,2,6-7,10-11H2,1H3. The molecular weight excluding hydrogens is 286 g/mol. The number of rotatable bonds is 3. The molecule has 21 heavy (non-hydrogen) atoms. The highest BCUT2D eigenvalue weighted by Crippen LogP contribution is 2.57. The minimum atomic E-state index is -0.732. The molecule has 0 spiro atoms. The number of carbonyl (C=O) groups excluding carboxylic acids is 2. The maximum absolute atomic E-state index is 12.6. The zero-order valence-electron chi connectivity index (χ0n) is 12.1. The smallest absolute Gasteiger partial charge is 0.411 e. The number of carbonyl (C=O) groups is 2. The number of hydrogen-bond acceptors (Lipinski definition) is 4. The quantitative estimate of drug-likeness (QED) is 0.802. The number of benzene rings is 1. The zero-order valence-corrected chi connectivity index (χ0v) is 12.9. The molecule has 5 heteroatoms. The molecule has 3 rings (SSSR count). The summed E-state index contributed by atoms with van der Waals surface area (Å²) in [6, 6.07) is 9.80. The van der Waals surface area contributed by atoms with Gasteiger partial charge in [-0.05, 0) is 31.9 Å². The van der Waals surface area contributed by atoms with Crippen LogP contribution in [-0.2, 0) is 9.53 Å². The second-order valence-corrected chi connectivity index (χ2v) is 6.66. The maximum Gasteiger partial charge on any atom is 0.411 e. The summed E-state index contributed by atoms with van der Waals surface area (Å²) in [7, 11) is 0. The van der Waals surface area contributed by atoms with Crippen molar-refractivity contribution in [2.45, 2.75) is 48.4 Å². The maximum atomic E-state index is 12.6. The first kappa shape index (κ1) is 14.4. The van der Waals surface area contributed by atoms with Crippen LogP contribution in [0.15, 0.2) is 35.2 Å². The molecule has 112 valence electrons. The molecule has 2 atom stereocenters. The summed E-state index contributed by atoms with van der Waals surface area (Å²) in [5.41, 5.74) is 0. The highest BCUT2D eigenvalue weighted by molar-refractivity contribution is 8.01. The van der Waals surface area contributed by atoms with Gasteiger partial charge >= 0.3 is 6.09 Å². The number of thioether (sulfide) groups is 1. The van der Waals surface area contributed by atoms with E-state index in [0.29, 0.717) is 13.0 Å². The van der Waals surface area contributed by atoms with E-state index in [0.717, 1.165) is 24.2 Å². The number of fused-ring (bicyclic) bond motifs is 1. The van der Waals surface area contributed by atoms with Crippen molar-refractivity contribution in [1.29, 1.82) is 0 Å². The molecule has 1 aliphatic carbocycles. The SMILES string of the molecule is CCOC(=O)N1C2CCCCC(=O)C21Sc1ccccc1. The van der Waals surface area contributed by atoms with Gasteiger partial charge in [-0.15, -0.1) is 0 Å². The molecule has 2 fully saturated rings. The van der Waals surface area contributed by atoms with Gasteiger partial charge in [0.2, 0.25) is 0 Å². The minimum Gasteiger partial charge on any atom is -0.450 e. The van der Waals surface area contributed by atoms with Crippen molar-refractivity contribution in [1.82, 2.24) is 4.90 Å². The lowest BCUT2D eigenvalue weighted by atomic mass is 10.2. The Morgan fingerprint density at radius 2 is 2.14 bits per heavy atom. The third-order valence-electron chi connectivity index (χ3n) is 4.07. The Morgan fingerprint density at radius 3 is 2.86 bits per heavy atom. The summed E-state index contributed by atoms with van der Waals surface area (Å²) in [6.45, 7) is 2.12. The Bertz CT molecular complexity index is 548. The monoisotopic (exact) mass is 305 g/mol. The van der Waals surface area contributed by atoms with Crippen molar-refractivity contribution in [3.05, 3.63) is 30.3 Å². The van der Waals surface area contributed by atoms with Gasteiger partial charge in [0, 0.05) is 11.3 Å². The predicted octanol–water partition coefficient (Wildman–Crippen LogP) is 3.46. The van der Waals surface area contributed by atoms with Gasteiger partial charge in [0.15, 0.2) is 10.7 Å². The topological polar surface area (TPSA) is 46.4 Å². The highest BCUT2D eigenvalue weighted by Gasteiger charge is 2.71. The first-order valence-corrected chi connectivity index (χ1v) is 8.25. The highest BCUT2D eigenvalue weighted by atomic mass is 32.2. The van der Waals surface area contributed by atoms with Gasteiger partial charge in [-0.3, -0.25) is 9.69 Å². The molecule has 1 aromatic carbocycles. The van der Waals surface area contributed by atoms with Crippen LogP contribution in [0.25, 0.3) is 0 Å². The Hall–Kier alpha value is -1.49. The third-order valence-corrected chi connectivity index (χ3v) is 5.58. The summed E-state index contributed by atoms with van der Waals surface area (Å²) < 4.78 is 5.13. The van der Waals surface area contributed by atoms with E-state index in [9.17, 15) is 9.59 Å². The predicted molar refractivity (Wildman–Crippen MR) is 81.2 cm³/mol. The van der Waals surface area contributed by atoms with E-state index in [-0.39, 0.29) is 17.9 Å². The Kier molecular flexibility index (Phi) is 3.93. The van der Waals surface area contributed by atoms with Gasteiger partial charge in [-0.2, -0.15) is 0 Å². The molecule has 1 amide bonds. The van der Waals surface area contributed by atoms with Crippen LogP contribution in [0.5, 0.6) is 0 Å². The van der Waals surface area contributed by atoms with E-state index in [1.807, 2.05) is 30.3 Å². The molecule has 0 N–H and O–H groups in total. The Morgan fingerprint density at radius 1 is 1.38 bits per heavy atom. The molecular formula is C16H19NO3S. The van der Waals surface area contributed by atoms with E-state index in [1.54, 1.807) is 11.8 Å². The molecule has 1 saturated carbocycles. The number of ketones is 1. The minimum absolute atomic E-state index is 0.0169. The van der Waals surface area contributed by atoms with Gasteiger partial charge in [0.25, 0.3) is 0 Å². The van der Waals surface area contributed by atoms with Gasteiger partial charge in [0.1, 0.15) is 0 Å². The molecule has 0 bridgehead atoms. The molecule has 4 nitrogen and oxygen atoms in total. The first-order valence-electron chi connectivity index (χ1n) is 7.43. The van der Waals surface area contributed by atoms with Crippen molar-refractivity contribution < 1.29 is 14.3 Å². The molecule has 0 radical (unpaired) electrons. The van der Waals surface area contributed by atoms with Crippen LogP contribution in [0, 0.1) is 0 Å². The van der Waals surface area contributed by atoms with E-state index in [2.05, 4.69) is 0 Å².